The van der Waals surface area contributed by atoms with Gasteiger partial charge in [-0.25, -0.2) is 9.78 Å². The summed E-state index contributed by atoms with van der Waals surface area (Å²) >= 11 is 6.29. The number of hydrogen-bond donors (Lipinski definition) is 2. The van der Waals surface area contributed by atoms with Crippen LogP contribution in [0, 0.1) is 33.1 Å². The van der Waals surface area contributed by atoms with Crippen molar-refractivity contribution >= 4 is 40.5 Å². The van der Waals surface area contributed by atoms with E-state index in [1.54, 1.807) is 17.6 Å². The Morgan fingerprint density at radius 2 is 2.00 bits per heavy atom. The van der Waals surface area contributed by atoms with E-state index in [2.05, 4.69) is 26.2 Å². The number of nitrogens with one attached hydrogen (secondary N) is 1. The number of aliphatic hydroxyl groups excluding tert-OH is 1. The van der Waals surface area contributed by atoms with Crippen molar-refractivity contribution in [3.8, 4) is 18.1 Å². The van der Waals surface area contributed by atoms with E-state index in [1.165, 1.54) is 13.3 Å². The van der Waals surface area contributed by atoms with Gasteiger partial charge in [0.25, 0.3) is 0 Å². The number of fused-ring (bicyclic) bond motifs is 1. The van der Waals surface area contributed by atoms with Gasteiger partial charge in [0.1, 0.15) is 17.6 Å². The number of hydrogen-bond acceptors (Lipinski definition) is 13. The van der Waals surface area contributed by atoms with E-state index in [9.17, 15) is 19.5 Å². The van der Waals surface area contributed by atoms with Crippen molar-refractivity contribution < 1.29 is 37.7 Å². The quantitative estimate of drug-likeness (QED) is 0.108. The number of aromatic nitrogens is 4. The van der Waals surface area contributed by atoms with Gasteiger partial charge in [0.2, 0.25) is 5.28 Å². The molecule has 0 bridgehead atoms. The van der Waals surface area contributed by atoms with E-state index >= 15 is 0 Å². The van der Waals surface area contributed by atoms with Crippen molar-refractivity contribution in [2.24, 2.45) is 0 Å². The third kappa shape index (κ3) is 6.60. The highest BCUT2D eigenvalue weighted by Crippen LogP contribution is 2.41. The first-order valence-electron chi connectivity index (χ1n) is 14.6. The molecule has 1 aliphatic rings. The number of carbonyl (C=O) groups is 2. The van der Waals surface area contributed by atoms with Crippen LogP contribution in [0.1, 0.15) is 61.4 Å². The lowest BCUT2D eigenvalue weighted by molar-refractivity contribution is -0.159. The lowest BCUT2D eigenvalue weighted by Gasteiger charge is -2.32. The summed E-state index contributed by atoms with van der Waals surface area (Å²) in [6, 6.07) is 2.91. The fraction of sp³-hybridized carbons (Fsp3) is 0.438. The van der Waals surface area contributed by atoms with Crippen LogP contribution in [0.2, 0.25) is 5.28 Å². The highest BCUT2D eigenvalue weighted by molar-refractivity contribution is 6.28. The molecule has 1 aromatic carbocycles. The van der Waals surface area contributed by atoms with Crippen LogP contribution in [-0.4, -0.2) is 61.5 Å². The molecule has 4 aromatic rings. The van der Waals surface area contributed by atoms with Crippen molar-refractivity contribution in [1.29, 1.82) is 0 Å². The number of nitrogens with zero attached hydrogens (tertiary/aromatic N) is 4. The summed E-state index contributed by atoms with van der Waals surface area (Å²) in [5.74, 6) is 1.68. The smallest absolute Gasteiger partial charge is 0.456 e. The van der Waals surface area contributed by atoms with Gasteiger partial charge in [0, 0.05) is 17.9 Å². The molecule has 2 N–H and O–H groups in total. The highest BCUT2D eigenvalue weighted by atomic mass is 35.5. The topological polar surface area (TPSA) is 181 Å². The zero-order chi connectivity index (χ0) is 34.3. The van der Waals surface area contributed by atoms with Crippen LogP contribution in [0.4, 0.5) is 5.82 Å². The zero-order valence-electron chi connectivity index (χ0n) is 26.7. The van der Waals surface area contributed by atoms with Gasteiger partial charge in [-0.2, -0.15) is 9.97 Å². The summed E-state index contributed by atoms with van der Waals surface area (Å²) in [6.45, 7) is 9.69. The minimum atomic E-state index is -1.67. The summed E-state index contributed by atoms with van der Waals surface area (Å²) in [7, 11) is 0. The Balaban J connectivity index is 1.45. The van der Waals surface area contributed by atoms with E-state index in [0.717, 1.165) is 11.1 Å². The third-order valence-electron chi connectivity index (χ3n) is 8.02. The molecule has 0 saturated carbocycles. The first-order chi connectivity index (χ1) is 22.2. The molecule has 1 unspecified atom stereocenters. The fourth-order valence-electron chi connectivity index (χ4n) is 6.04. The van der Waals surface area contributed by atoms with E-state index in [1.807, 2.05) is 33.8 Å². The molecule has 5 rings (SSSR count). The van der Waals surface area contributed by atoms with Gasteiger partial charge in [-0.1, -0.05) is 25.8 Å². The van der Waals surface area contributed by atoms with Crippen LogP contribution in [-0.2, 0) is 31.0 Å². The molecule has 15 heteroatoms. The van der Waals surface area contributed by atoms with Crippen molar-refractivity contribution in [3.63, 3.8) is 0 Å². The summed E-state index contributed by atoms with van der Waals surface area (Å²) in [5.41, 5.74) is 0.466. The van der Waals surface area contributed by atoms with Gasteiger partial charge in [0.15, 0.2) is 34.4 Å². The number of terminal acetylenes is 1. The van der Waals surface area contributed by atoms with Crippen LogP contribution < -0.4 is 15.9 Å². The van der Waals surface area contributed by atoms with Crippen LogP contribution in [0.5, 0.6) is 5.75 Å². The van der Waals surface area contributed by atoms with Crippen molar-refractivity contribution in [2.45, 2.75) is 77.7 Å². The van der Waals surface area contributed by atoms with Gasteiger partial charge in [-0.15, -0.1) is 6.42 Å². The number of aryl methyl sites for hydroxylation is 3. The molecule has 4 heterocycles. The maximum absolute atomic E-state index is 13.7. The highest BCUT2D eigenvalue weighted by Gasteiger charge is 2.53. The second kappa shape index (κ2) is 12.8. The number of aliphatic hydroxyl groups is 1. The monoisotopic (exact) mass is 667 g/mol. The Bertz CT molecular complexity index is 1960. The number of esters is 2. The fourth-order valence-corrected chi connectivity index (χ4v) is 6.20. The van der Waals surface area contributed by atoms with Crippen molar-refractivity contribution in [1.82, 2.24) is 19.5 Å². The van der Waals surface area contributed by atoms with Gasteiger partial charge >= 0.3 is 17.8 Å². The van der Waals surface area contributed by atoms with Crippen LogP contribution >= 0.6 is 11.6 Å². The average Bonchev–Trinajstić information content (AvgIpc) is 3.64. The molecule has 47 heavy (non-hydrogen) atoms. The number of rotatable bonds is 10. The normalized spacial score (nSPS) is 19.5. The maximum Gasteiger partial charge on any atom is 0.519 e. The van der Waals surface area contributed by atoms with Crippen LogP contribution in [0.25, 0.3) is 11.2 Å². The number of carbonyl (C=O) groups excluding carboxylic acids is 2. The van der Waals surface area contributed by atoms with Crippen LogP contribution in [0.15, 0.2) is 32.1 Å². The number of benzene rings is 1. The first-order valence-corrected chi connectivity index (χ1v) is 15.0. The van der Waals surface area contributed by atoms with Gasteiger partial charge in [-0.3, -0.25) is 9.59 Å². The SMILES string of the molecule is C#C[C@]1(CO)OCC(n2cnc3c(NCc4oc(=O)oc4C)nc(Cl)nc32)[C@@H]1OC(=O)CC(C)(C)c1c(C)cc(C)cc1OC(C)=O. The molecule has 0 spiro atoms. The minimum Gasteiger partial charge on any atom is -0.456 e. The van der Waals surface area contributed by atoms with E-state index in [0.29, 0.717) is 22.6 Å². The zero-order valence-corrected chi connectivity index (χ0v) is 27.4. The molecule has 1 fully saturated rings. The molecule has 14 nitrogen and oxygen atoms in total. The Kier molecular flexibility index (Phi) is 9.18. The molecule has 3 aromatic heterocycles. The van der Waals surface area contributed by atoms with Gasteiger partial charge in [-0.05, 0) is 49.6 Å². The molecule has 248 valence electrons. The predicted molar refractivity (Wildman–Crippen MR) is 168 cm³/mol. The Hall–Kier alpha value is -4.71. The number of anilines is 1. The van der Waals surface area contributed by atoms with E-state index in [-0.39, 0.29) is 42.1 Å². The third-order valence-corrected chi connectivity index (χ3v) is 8.19. The summed E-state index contributed by atoms with van der Waals surface area (Å²) < 4.78 is 29.0. The molecule has 1 saturated heterocycles. The molecule has 0 radical (unpaired) electrons. The second-order valence-corrected chi connectivity index (χ2v) is 12.4. The van der Waals surface area contributed by atoms with Crippen LogP contribution in [0.3, 0.4) is 0 Å². The number of ether oxygens (including phenoxy) is 3. The standard InChI is InChI=1S/C32H34ClN5O9/c1-8-32(14-39)26(47-23(41)11-31(6,7)24-17(3)9-16(2)10-21(24)45-19(5)40)20(13-43-32)38-15-35-25-27(36-29(33)37-28(25)38)34-12-22-18(4)44-30(42)46-22/h1,9-10,15,20,26,39H,11-14H2,2-7H3,(H,34,36,37)/t20?,26-,32+/m0/s1. The van der Waals surface area contributed by atoms with Gasteiger partial charge < -0.3 is 38.0 Å². The van der Waals surface area contributed by atoms with E-state index in [4.69, 9.17) is 41.1 Å². The molecule has 1 aliphatic heterocycles. The maximum atomic E-state index is 13.7. The molecular weight excluding hydrogens is 634 g/mol. The number of halogens is 1. The minimum absolute atomic E-state index is 0.0415. The Labute approximate surface area is 274 Å². The Morgan fingerprint density at radius 1 is 1.26 bits per heavy atom. The van der Waals surface area contributed by atoms with Crippen molar-refractivity contribution in [3.05, 3.63) is 62.6 Å². The molecule has 3 atom stereocenters. The second-order valence-electron chi connectivity index (χ2n) is 12.0. The summed E-state index contributed by atoms with van der Waals surface area (Å²) in [4.78, 5) is 50.1. The average molecular weight is 668 g/mol. The molecule has 0 aliphatic carbocycles. The Morgan fingerprint density at radius 3 is 2.64 bits per heavy atom. The largest absolute Gasteiger partial charge is 0.519 e. The first kappa shape index (κ1) is 33.6. The number of imidazole rings is 1. The summed E-state index contributed by atoms with van der Waals surface area (Å²) in [6.07, 6.45) is 6.01. The van der Waals surface area contributed by atoms with Crippen molar-refractivity contribution in [2.75, 3.05) is 18.5 Å². The molecule has 0 amide bonds. The lowest BCUT2D eigenvalue weighted by atomic mass is 9.78. The predicted octanol–water partition coefficient (Wildman–Crippen LogP) is 3.70. The van der Waals surface area contributed by atoms with E-state index < -0.39 is 47.5 Å². The van der Waals surface area contributed by atoms with Gasteiger partial charge in [0.05, 0.1) is 32.5 Å². The lowest BCUT2D eigenvalue weighted by Crippen LogP contribution is -2.47. The molecular formula is C32H34ClN5O9. The summed E-state index contributed by atoms with van der Waals surface area (Å²) in [5, 5.41) is 13.3.